The van der Waals surface area contributed by atoms with Crippen LogP contribution in [-0.4, -0.2) is 43.8 Å². The number of hydrogen-bond donors (Lipinski definition) is 2. The van der Waals surface area contributed by atoms with Gasteiger partial charge in [-0.15, -0.1) is 0 Å². The highest BCUT2D eigenvalue weighted by molar-refractivity contribution is 5.74. The van der Waals surface area contributed by atoms with Gasteiger partial charge >= 0.3 is 6.03 Å². The van der Waals surface area contributed by atoms with Crippen LogP contribution in [0.2, 0.25) is 0 Å². The molecule has 0 bridgehead atoms. The quantitative estimate of drug-likeness (QED) is 0.763. The highest BCUT2D eigenvalue weighted by Crippen LogP contribution is 2.32. The van der Waals surface area contributed by atoms with Gasteiger partial charge in [-0.3, -0.25) is 4.90 Å². The number of ether oxygens (including phenoxy) is 2. The molecule has 1 atom stereocenters. The Labute approximate surface area is 178 Å². The molecular formula is C24H31N3O3. The smallest absolute Gasteiger partial charge is 0.315 e. The lowest BCUT2D eigenvalue weighted by molar-refractivity contribution is 0.171. The number of benzene rings is 2. The average molecular weight is 410 g/mol. The second-order valence-corrected chi connectivity index (χ2v) is 8.18. The van der Waals surface area contributed by atoms with E-state index in [0.717, 1.165) is 56.1 Å². The summed E-state index contributed by atoms with van der Waals surface area (Å²) in [7, 11) is 0. The first-order valence-electron chi connectivity index (χ1n) is 10.9. The van der Waals surface area contributed by atoms with Crippen molar-refractivity contribution in [3.63, 3.8) is 0 Å². The molecule has 6 heteroatoms. The molecule has 2 aliphatic rings. The van der Waals surface area contributed by atoms with Gasteiger partial charge in [0.1, 0.15) is 13.2 Å². The molecule has 2 heterocycles. The number of urea groups is 1. The molecule has 0 spiro atoms. The number of piperidine rings is 1. The van der Waals surface area contributed by atoms with Gasteiger partial charge in [-0.1, -0.05) is 36.4 Å². The minimum Gasteiger partial charge on any atom is -0.486 e. The number of nitrogens with one attached hydrogen (secondary N) is 2. The Morgan fingerprint density at radius 3 is 2.57 bits per heavy atom. The van der Waals surface area contributed by atoms with E-state index in [1.54, 1.807) is 0 Å². The van der Waals surface area contributed by atoms with Crippen molar-refractivity contribution in [3.8, 4) is 11.5 Å². The number of fused-ring (bicyclic) bond motifs is 1. The van der Waals surface area contributed by atoms with Crippen molar-refractivity contribution in [2.75, 3.05) is 32.8 Å². The molecule has 1 fully saturated rings. The predicted octanol–water partition coefficient (Wildman–Crippen LogP) is 3.73. The zero-order valence-electron chi connectivity index (χ0n) is 17.6. The number of likely N-dealkylation sites (tertiary alicyclic amines) is 1. The Hall–Kier alpha value is -2.73. The Bertz CT molecular complexity index is 835. The standard InChI is InChI=1S/C24H31N3O3/c1-18(21-7-8-22-23(15-21)30-14-13-29-22)26-24(28)25-16-19-9-11-27(12-10-19)17-20-5-3-2-4-6-20/h2-8,15,18-19H,9-14,16-17H2,1H3,(H2,25,26,28). The van der Waals surface area contributed by atoms with Crippen LogP contribution >= 0.6 is 0 Å². The summed E-state index contributed by atoms with van der Waals surface area (Å²) in [6, 6.07) is 16.2. The van der Waals surface area contributed by atoms with Gasteiger partial charge in [0.2, 0.25) is 0 Å². The largest absolute Gasteiger partial charge is 0.486 e. The molecule has 160 valence electrons. The lowest BCUT2D eigenvalue weighted by Crippen LogP contribution is -2.42. The van der Waals surface area contributed by atoms with Gasteiger partial charge in [-0.05, 0) is 62.0 Å². The maximum Gasteiger partial charge on any atom is 0.315 e. The molecule has 2 N–H and O–H groups in total. The second-order valence-electron chi connectivity index (χ2n) is 8.18. The van der Waals surface area contributed by atoms with Crippen LogP contribution in [0.25, 0.3) is 0 Å². The third-order valence-corrected chi connectivity index (χ3v) is 5.92. The van der Waals surface area contributed by atoms with Gasteiger partial charge in [0, 0.05) is 13.1 Å². The highest BCUT2D eigenvalue weighted by Gasteiger charge is 2.20. The Morgan fingerprint density at radius 2 is 1.80 bits per heavy atom. The fourth-order valence-corrected chi connectivity index (χ4v) is 4.09. The Morgan fingerprint density at radius 1 is 1.07 bits per heavy atom. The average Bonchev–Trinajstić information content (AvgIpc) is 2.79. The molecule has 4 rings (SSSR count). The monoisotopic (exact) mass is 409 g/mol. The fraction of sp³-hybridized carbons (Fsp3) is 0.458. The van der Waals surface area contributed by atoms with Gasteiger partial charge < -0.3 is 20.1 Å². The number of carbonyl (C=O) groups is 1. The van der Waals surface area contributed by atoms with Crippen LogP contribution in [0.15, 0.2) is 48.5 Å². The van der Waals surface area contributed by atoms with E-state index < -0.39 is 0 Å². The molecule has 2 amide bonds. The lowest BCUT2D eigenvalue weighted by atomic mass is 9.96. The predicted molar refractivity (Wildman–Crippen MR) is 117 cm³/mol. The van der Waals surface area contributed by atoms with E-state index in [0.29, 0.717) is 19.1 Å². The van der Waals surface area contributed by atoms with Crippen molar-refractivity contribution in [2.24, 2.45) is 5.92 Å². The molecule has 0 saturated carbocycles. The zero-order chi connectivity index (χ0) is 20.8. The van der Waals surface area contributed by atoms with Crippen LogP contribution < -0.4 is 20.1 Å². The van der Waals surface area contributed by atoms with Crippen molar-refractivity contribution < 1.29 is 14.3 Å². The summed E-state index contributed by atoms with van der Waals surface area (Å²) < 4.78 is 11.2. The molecule has 0 aliphatic carbocycles. The van der Waals surface area contributed by atoms with Gasteiger partial charge in [-0.25, -0.2) is 4.79 Å². The van der Waals surface area contributed by atoms with E-state index in [-0.39, 0.29) is 12.1 Å². The minimum absolute atomic E-state index is 0.103. The first-order chi connectivity index (χ1) is 14.7. The molecule has 2 aromatic rings. The third kappa shape index (κ3) is 5.45. The summed E-state index contributed by atoms with van der Waals surface area (Å²) >= 11 is 0. The van der Waals surface area contributed by atoms with Gasteiger partial charge in [0.05, 0.1) is 6.04 Å². The first-order valence-corrected chi connectivity index (χ1v) is 10.9. The van der Waals surface area contributed by atoms with Crippen LogP contribution in [0.5, 0.6) is 11.5 Å². The molecule has 0 aromatic heterocycles. The number of amides is 2. The third-order valence-electron chi connectivity index (χ3n) is 5.92. The Balaban J connectivity index is 1.18. The van der Waals surface area contributed by atoms with Crippen LogP contribution in [0.3, 0.4) is 0 Å². The maximum atomic E-state index is 12.4. The van der Waals surface area contributed by atoms with Crippen LogP contribution in [0.1, 0.15) is 36.9 Å². The molecule has 1 saturated heterocycles. The summed E-state index contributed by atoms with van der Waals surface area (Å²) in [5.41, 5.74) is 2.37. The van der Waals surface area contributed by atoms with E-state index >= 15 is 0 Å². The van der Waals surface area contributed by atoms with E-state index in [4.69, 9.17) is 9.47 Å². The van der Waals surface area contributed by atoms with Crippen LogP contribution in [0.4, 0.5) is 4.79 Å². The molecule has 0 radical (unpaired) electrons. The SMILES string of the molecule is CC(NC(=O)NCC1CCN(Cc2ccccc2)CC1)c1ccc2c(c1)OCCO2. The van der Waals surface area contributed by atoms with E-state index in [1.807, 2.05) is 25.1 Å². The van der Waals surface area contributed by atoms with Gasteiger partial charge in [-0.2, -0.15) is 0 Å². The number of hydrogen-bond acceptors (Lipinski definition) is 4. The molecule has 30 heavy (non-hydrogen) atoms. The lowest BCUT2D eigenvalue weighted by Gasteiger charge is -2.32. The summed E-state index contributed by atoms with van der Waals surface area (Å²) in [5.74, 6) is 2.04. The summed E-state index contributed by atoms with van der Waals surface area (Å²) in [5, 5.41) is 6.08. The van der Waals surface area contributed by atoms with Crippen molar-refractivity contribution in [3.05, 3.63) is 59.7 Å². The van der Waals surface area contributed by atoms with Crippen LogP contribution in [-0.2, 0) is 6.54 Å². The van der Waals surface area contributed by atoms with Crippen molar-refractivity contribution >= 4 is 6.03 Å². The van der Waals surface area contributed by atoms with Crippen molar-refractivity contribution in [1.82, 2.24) is 15.5 Å². The van der Waals surface area contributed by atoms with E-state index in [1.165, 1.54) is 5.56 Å². The second kappa shape index (κ2) is 9.85. The molecule has 2 aromatic carbocycles. The van der Waals surface area contributed by atoms with Gasteiger partial charge in [0.15, 0.2) is 11.5 Å². The van der Waals surface area contributed by atoms with E-state index in [2.05, 4.69) is 45.9 Å². The molecule has 1 unspecified atom stereocenters. The summed E-state index contributed by atoms with van der Waals surface area (Å²) in [6.07, 6.45) is 2.23. The molecular weight excluding hydrogens is 378 g/mol. The number of carbonyl (C=O) groups excluding carboxylic acids is 1. The molecule has 6 nitrogen and oxygen atoms in total. The normalized spacial score (nSPS) is 17.9. The topological polar surface area (TPSA) is 62.8 Å². The summed E-state index contributed by atoms with van der Waals surface area (Å²) in [6.45, 7) is 7.00. The number of rotatable bonds is 6. The van der Waals surface area contributed by atoms with E-state index in [9.17, 15) is 4.79 Å². The van der Waals surface area contributed by atoms with Crippen molar-refractivity contribution in [1.29, 1.82) is 0 Å². The van der Waals surface area contributed by atoms with Gasteiger partial charge in [0.25, 0.3) is 0 Å². The highest BCUT2D eigenvalue weighted by atomic mass is 16.6. The number of nitrogens with zero attached hydrogens (tertiary/aromatic N) is 1. The van der Waals surface area contributed by atoms with Crippen molar-refractivity contribution in [2.45, 2.75) is 32.4 Å². The molecule has 2 aliphatic heterocycles. The first kappa shape index (κ1) is 20.5. The Kier molecular flexibility index (Phi) is 6.74. The maximum absolute atomic E-state index is 12.4. The minimum atomic E-state index is -0.121. The summed E-state index contributed by atoms with van der Waals surface area (Å²) in [4.78, 5) is 14.9. The van der Waals surface area contributed by atoms with Crippen LogP contribution in [0, 0.1) is 5.92 Å². The zero-order valence-corrected chi connectivity index (χ0v) is 17.6. The fourth-order valence-electron chi connectivity index (χ4n) is 4.09.